The van der Waals surface area contributed by atoms with Crippen molar-refractivity contribution < 1.29 is 18.0 Å². The Bertz CT molecular complexity index is 1460. The van der Waals surface area contributed by atoms with Crippen LogP contribution in [-0.4, -0.2) is 33.6 Å². The molecule has 2 N–H and O–H groups in total. The highest BCUT2D eigenvalue weighted by atomic mass is 19.4. The van der Waals surface area contributed by atoms with Crippen LogP contribution in [-0.2, 0) is 6.18 Å². The fourth-order valence-corrected chi connectivity index (χ4v) is 4.25. The summed E-state index contributed by atoms with van der Waals surface area (Å²) in [5, 5.41) is 6.20. The summed E-state index contributed by atoms with van der Waals surface area (Å²) in [4.78, 5) is 28.7. The van der Waals surface area contributed by atoms with Crippen molar-refractivity contribution >= 4 is 34.3 Å². The first-order valence-corrected chi connectivity index (χ1v) is 11.5. The Morgan fingerprint density at radius 2 is 1.92 bits per heavy atom. The molecule has 0 radical (unpaired) electrons. The highest BCUT2D eigenvalue weighted by molar-refractivity contribution is 6.07. The van der Waals surface area contributed by atoms with Crippen molar-refractivity contribution in [2.45, 2.75) is 32.5 Å². The van der Waals surface area contributed by atoms with Gasteiger partial charge in [0, 0.05) is 24.3 Å². The van der Waals surface area contributed by atoms with Crippen LogP contribution in [0, 0.1) is 6.92 Å². The number of urea groups is 1. The summed E-state index contributed by atoms with van der Waals surface area (Å²) in [7, 11) is 0. The summed E-state index contributed by atoms with van der Waals surface area (Å²) < 4.78 is 39.8. The number of hydrogen-bond donors (Lipinski definition) is 2. The van der Waals surface area contributed by atoms with Gasteiger partial charge in [0.25, 0.3) is 0 Å². The second-order valence-corrected chi connectivity index (χ2v) is 8.70. The lowest BCUT2D eigenvalue weighted by molar-refractivity contribution is -0.137. The van der Waals surface area contributed by atoms with E-state index in [0.717, 1.165) is 17.8 Å². The lowest BCUT2D eigenvalue weighted by Gasteiger charge is -2.28. The van der Waals surface area contributed by atoms with Crippen LogP contribution in [0.2, 0.25) is 0 Å². The Labute approximate surface area is 205 Å². The Hall–Kier alpha value is -4.21. The van der Waals surface area contributed by atoms with Crippen LogP contribution in [0.15, 0.2) is 60.8 Å². The SMILES string of the molecule is Cc1cnc2c(NC(=O)N3c4nc(-c5cccc(C(F)(F)F)c5)ccc4NCC[C@H]3C)cccc2n1. The number of hydrogen-bond acceptors (Lipinski definition) is 5. The smallest absolute Gasteiger partial charge is 0.382 e. The van der Waals surface area contributed by atoms with Gasteiger partial charge in [-0.15, -0.1) is 0 Å². The number of aryl methyl sites for hydroxylation is 1. The van der Waals surface area contributed by atoms with Crippen LogP contribution >= 0.6 is 0 Å². The van der Waals surface area contributed by atoms with Crippen molar-refractivity contribution in [1.29, 1.82) is 0 Å². The lowest BCUT2D eigenvalue weighted by atomic mass is 10.1. The third kappa shape index (κ3) is 4.53. The first-order valence-electron chi connectivity index (χ1n) is 11.5. The molecule has 2 aromatic heterocycles. The maximum atomic E-state index is 13.6. The topological polar surface area (TPSA) is 83.0 Å². The number of halogens is 3. The number of carbonyl (C=O) groups is 1. The molecule has 0 aliphatic carbocycles. The van der Waals surface area contributed by atoms with Crippen molar-refractivity contribution in [1.82, 2.24) is 15.0 Å². The van der Waals surface area contributed by atoms with E-state index in [-0.39, 0.29) is 6.04 Å². The minimum Gasteiger partial charge on any atom is -0.382 e. The van der Waals surface area contributed by atoms with Gasteiger partial charge >= 0.3 is 12.2 Å². The quantitative estimate of drug-likeness (QED) is 0.345. The Balaban J connectivity index is 1.53. The largest absolute Gasteiger partial charge is 0.416 e. The molecular weight excluding hydrogens is 469 g/mol. The van der Waals surface area contributed by atoms with E-state index in [1.165, 1.54) is 11.0 Å². The lowest BCUT2D eigenvalue weighted by Crippen LogP contribution is -2.42. The number of pyridine rings is 1. The van der Waals surface area contributed by atoms with Gasteiger partial charge in [0.1, 0.15) is 5.52 Å². The average Bonchev–Trinajstić information content (AvgIpc) is 3.01. The maximum absolute atomic E-state index is 13.6. The summed E-state index contributed by atoms with van der Waals surface area (Å²) >= 11 is 0. The number of carbonyl (C=O) groups excluding carboxylic acids is 1. The number of fused-ring (bicyclic) bond motifs is 2. The van der Waals surface area contributed by atoms with Crippen molar-refractivity contribution in [3.05, 3.63) is 72.1 Å². The van der Waals surface area contributed by atoms with E-state index in [4.69, 9.17) is 0 Å². The molecule has 2 aromatic carbocycles. The molecule has 0 saturated heterocycles. The van der Waals surface area contributed by atoms with Gasteiger partial charge in [0.15, 0.2) is 5.82 Å². The molecule has 5 rings (SSSR count). The molecule has 2 amide bonds. The van der Waals surface area contributed by atoms with Gasteiger partial charge < -0.3 is 10.6 Å². The van der Waals surface area contributed by atoms with Gasteiger partial charge in [-0.1, -0.05) is 18.2 Å². The summed E-state index contributed by atoms with van der Waals surface area (Å²) in [6, 6.07) is 13.1. The van der Waals surface area contributed by atoms with Crippen LogP contribution in [0.5, 0.6) is 0 Å². The van der Waals surface area contributed by atoms with Gasteiger partial charge in [-0.25, -0.2) is 14.8 Å². The summed E-state index contributed by atoms with van der Waals surface area (Å²) in [6.07, 6.45) is -2.19. The monoisotopic (exact) mass is 492 g/mol. The third-order valence-corrected chi connectivity index (χ3v) is 6.06. The fraction of sp³-hybridized carbons (Fsp3) is 0.231. The standard InChI is InChI=1S/C26H23F3N6O/c1-15-14-31-23-20(32-15)7-4-8-21(23)34-25(36)35-16(2)11-12-30-22-10-9-19(33-24(22)35)17-5-3-6-18(13-17)26(27,28)29/h3-10,13-14,16,30H,11-12H2,1-2H3,(H,34,36)/t16-/m1/s1. The number of benzene rings is 2. The van der Waals surface area contributed by atoms with Crippen molar-refractivity contribution in [2.24, 2.45) is 0 Å². The Kier molecular flexibility index (Phi) is 5.95. The Morgan fingerprint density at radius 3 is 2.72 bits per heavy atom. The normalized spacial score (nSPS) is 15.7. The second kappa shape index (κ2) is 9.10. The summed E-state index contributed by atoms with van der Waals surface area (Å²) in [5.74, 6) is 0.342. The van der Waals surface area contributed by atoms with E-state index in [0.29, 0.717) is 52.4 Å². The fourth-order valence-electron chi connectivity index (χ4n) is 4.25. The molecule has 3 heterocycles. The average molecular weight is 493 g/mol. The predicted octanol–water partition coefficient (Wildman–Crippen LogP) is 6.26. The maximum Gasteiger partial charge on any atom is 0.416 e. The van der Waals surface area contributed by atoms with Crippen LogP contribution in [0.3, 0.4) is 0 Å². The molecule has 184 valence electrons. The number of rotatable bonds is 2. The highest BCUT2D eigenvalue weighted by Crippen LogP contribution is 2.35. The van der Waals surface area contributed by atoms with Crippen molar-refractivity contribution in [2.75, 3.05) is 22.1 Å². The number of nitrogens with one attached hydrogen (secondary N) is 2. The Morgan fingerprint density at radius 1 is 1.11 bits per heavy atom. The second-order valence-electron chi connectivity index (χ2n) is 8.70. The molecule has 0 saturated carbocycles. The molecule has 1 atom stereocenters. The van der Waals surface area contributed by atoms with Crippen LogP contribution in [0.25, 0.3) is 22.3 Å². The number of amides is 2. The zero-order valence-electron chi connectivity index (χ0n) is 19.6. The minimum absolute atomic E-state index is 0.230. The molecule has 0 unspecified atom stereocenters. The van der Waals surface area contributed by atoms with E-state index in [1.54, 1.807) is 36.5 Å². The number of alkyl halides is 3. The first kappa shape index (κ1) is 23.5. The number of aromatic nitrogens is 3. The number of para-hydroxylation sites is 1. The zero-order valence-corrected chi connectivity index (χ0v) is 19.6. The van der Waals surface area contributed by atoms with Crippen molar-refractivity contribution in [3.8, 4) is 11.3 Å². The molecule has 1 aliphatic heterocycles. The van der Waals surface area contributed by atoms with E-state index < -0.39 is 17.8 Å². The molecule has 4 aromatic rings. The molecule has 0 bridgehead atoms. The van der Waals surface area contributed by atoms with Crippen LogP contribution in [0.1, 0.15) is 24.6 Å². The molecule has 36 heavy (non-hydrogen) atoms. The van der Waals surface area contributed by atoms with E-state index in [1.807, 2.05) is 19.9 Å². The molecule has 10 heteroatoms. The van der Waals surface area contributed by atoms with Gasteiger partial charge in [-0.3, -0.25) is 9.88 Å². The molecular formula is C26H23F3N6O. The summed E-state index contributed by atoms with van der Waals surface area (Å²) in [5.41, 5.74) is 2.99. The van der Waals surface area contributed by atoms with Crippen molar-refractivity contribution in [3.63, 3.8) is 0 Å². The van der Waals surface area contributed by atoms with Gasteiger partial charge in [0.05, 0.1) is 33.8 Å². The predicted molar refractivity (Wildman–Crippen MR) is 133 cm³/mol. The van der Waals surface area contributed by atoms with Crippen LogP contribution in [0.4, 0.5) is 35.2 Å². The van der Waals surface area contributed by atoms with Crippen LogP contribution < -0.4 is 15.5 Å². The first-order chi connectivity index (χ1) is 17.2. The molecule has 0 fully saturated rings. The highest BCUT2D eigenvalue weighted by Gasteiger charge is 2.32. The summed E-state index contributed by atoms with van der Waals surface area (Å²) in [6.45, 7) is 4.36. The number of anilines is 3. The van der Waals surface area contributed by atoms with Gasteiger partial charge in [-0.05, 0) is 56.7 Å². The molecule has 0 spiro atoms. The molecule has 7 nitrogen and oxygen atoms in total. The van der Waals surface area contributed by atoms with Gasteiger partial charge in [0.2, 0.25) is 0 Å². The van der Waals surface area contributed by atoms with E-state index in [2.05, 4.69) is 25.6 Å². The van der Waals surface area contributed by atoms with E-state index >= 15 is 0 Å². The third-order valence-electron chi connectivity index (χ3n) is 6.06. The zero-order chi connectivity index (χ0) is 25.4. The number of nitrogens with zero attached hydrogens (tertiary/aromatic N) is 4. The minimum atomic E-state index is -4.47. The van der Waals surface area contributed by atoms with E-state index in [9.17, 15) is 18.0 Å². The molecule has 1 aliphatic rings. The van der Waals surface area contributed by atoms with Gasteiger partial charge in [-0.2, -0.15) is 13.2 Å².